The fraction of sp³-hybridized carbons (Fsp3) is 0.120. The number of rotatable bonds is 7. The summed E-state index contributed by atoms with van der Waals surface area (Å²) < 4.78 is 27.8. The molecule has 1 N–H and O–H groups in total. The molecule has 4 rings (SSSR count). The van der Waals surface area contributed by atoms with Crippen molar-refractivity contribution in [2.75, 3.05) is 19.4 Å². The molecule has 0 unspecified atom stereocenters. The number of benzene rings is 3. The number of carbonyl (C=O) groups excluding carboxylic acids is 1. The van der Waals surface area contributed by atoms with Gasteiger partial charge in [-0.1, -0.05) is 48.5 Å². The van der Waals surface area contributed by atoms with E-state index in [1.54, 1.807) is 30.5 Å². The van der Waals surface area contributed by atoms with Crippen molar-refractivity contribution in [2.24, 2.45) is 0 Å². The third kappa shape index (κ3) is 5.02. The van der Waals surface area contributed by atoms with E-state index in [4.69, 9.17) is 0 Å². The third-order valence-electron chi connectivity index (χ3n) is 5.21. The van der Waals surface area contributed by atoms with Gasteiger partial charge >= 0.3 is 0 Å². The molecule has 7 nitrogen and oxygen atoms in total. The van der Waals surface area contributed by atoms with Gasteiger partial charge in [-0.15, -0.1) is 0 Å². The lowest BCUT2D eigenvalue weighted by Gasteiger charge is -2.14. The first-order valence-corrected chi connectivity index (χ1v) is 11.8. The Morgan fingerprint density at radius 2 is 1.73 bits per heavy atom. The van der Waals surface area contributed by atoms with Gasteiger partial charge in [-0.05, 0) is 47.0 Å². The Kier molecular flexibility index (Phi) is 6.39. The lowest BCUT2D eigenvalue weighted by molar-refractivity contribution is 0.102. The molecule has 0 radical (unpaired) electrons. The normalized spacial score (nSPS) is 11.5. The van der Waals surface area contributed by atoms with Crippen LogP contribution in [-0.4, -0.2) is 42.5 Å². The van der Waals surface area contributed by atoms with Crippen molar-refractivity contribution in [1.29, 1.82) is 0 Å². The lowest BCUT2D eigenvalue weighted by Crippen LogP contribution is -2.22. The van der Waals surface area contributed by atoms with E-state index in [9.17, 15) is 13.2 Å². The first kappa shape index (κ1) is 22.4. The van der Waals surface area contributed by atoms with Gasteiger partial charge in [-0.2, -0.15) is 5.10 Å². The molecule has 0 fully saturated rings. The number of carbonyl (C=O) groups is 1. The summed E-state index contributed by atoms with van der Waals surface area (Å²) in [5.41, 5.74) is 3.71. The Bertz CT molecular complexity index is 1360. The monoisotopic (exact) mass is 460 g/mol. The summed E-state index contributed by atoms with van der Waals surface area (Å²) in [6.45, 7) is 0.668. The number of amides is 1. The van der Waals surface area contributed by atoms with Crippen LogP contribution in [0.25, 0.3) is 11.1 Å². The van der Waals surface area contributed by atoms with Gasteiger partial charge in [0.25, 0.3) is 5.91 Å². The predicted molar refractivity (Wildman–Crippen MR) is 128 cm³/mol. The SMILES string of the molecule is CN(C)S(=O)(=O)c1cccc(NC(=O)c2ccccc2-c2ccc(Cn3cccn3)cc2)c1. The van der Waals surface area contributed by atoms with Crippen LogP contribution in [0.3, 0.4) is 0 Å². The van der Waals surface area contributed by atoms with Crippen LogP contribution in [-0.2, 0) is 16.6 Å². The molecule has 0 aliphatic carbocycles. The van der Waals surface area contributed by atoms with E-state index < -0.39 is 10.0 Å². The summed E-state index contributed by atoms with van der Waals surface area (Å²) in [6.07, 6.45) is 3.65. The molecule has 0 spiro atoms. The minimum atomic E-state index is -3.60. The lowest BCUT2D eigenvalue weighted by atomic mass is 9.98. The third-order valence-corrected chi connectivity index (χ3v) is 7.02. The van der Waals surface area contributed by atoms with Gasteiger partial charge in [0, 0.05) is 37.7 Å². The summed E-state index contributed by atoms with van der Waals surface area (Å²) in [4.78, 5) is 13.2. The zero-order valence-electron chi connectivity index (χ0n) is 18.3. The number of hydrogen-bond donors (Lipinski definition) is 1. The van der Waals surface area contributed by atoms with Crippen molar-refractivity contribution in [2.45, 2.75) is 11.4 Å². The minimum absolute atomic E-state index is 0.117. The molecule has 0 atom stereocenters. The summed E-state index contributed by atoms with van der Waals surface area (Å²) in [7, 11) is -0.659. The smallest absolute Gasteiger partial charge is 0.256 e. The molecule has 1 aromatic heterocycles. The average molecular weight is 461 g/mol. The Balaban J connectivity index is 1.57. The van der Waals surface area contributed by atoms with Crippen LogP contribution >= 0.6 is 0 Å². The van der Waals surface area contributed by atoms with Gasteiger partial charge in [-0.3, -0.25) is 9.48 Å². The fourth-order valence-corrected chi connectivity index (χ4v) is 4.40. The summed E-state index contributed by atoms with van der Waals surface area (Å²) in [5, 5.41) is 7.05. The standard InChI is InChI=1S/C25H24N4O3S/c1-28(2)33(31,32)22-8-5-7-21(17-22)27-25(30)24-10-4-3-9-23(24)20-13-11-19(12-14-20)18-29-16-6-15-26-29/h3-17H,18H2,1-2H3,(H,27,30). The first-order chi connectivity index (χ1) is 15.8. The highest BCUT2D eigenvalue weighted by molar-refractivity contribution is 7.89. The Morgan fingerprint density at radius 1 is 0.970 bits per heavy atom. The van der Waals surface area contributed by atoms with Crippen molar-refractivity contribution < 1.29 is 13.2 Å². The molecule has 168 valence electrons. The van der Waals surface area contributed by atoms with E-state index in [1.165, 1.54) is 26.2 Å². The molecule has 1 amide bonds. The van der Waals surface area contributed by atoms with Crippen LogP contribution < -0.4 is 5.32 Å². The second kappa shape index (κ2) is 9.40. The molecule has 0 saturated heterocycles. The molecule has 3 aromatic carbocycles. The van der Waals surface area contributed by atoms with Crippen LogP contribution in [0.5, 0.6) is 0 Å². The number of sulfonamides is 1. The average Bonchev–Trinajstić information content (AvgIpc) is 3.33. The Morgan fingerprint density at radius 3 is 2.42 bits per heavy atom. The van der Waals surface area contributed by atoms with Crippen LogP contribution in [0, 0.1) is 0 Å². The van der Waals surface area contributed by atoms with Crippen molar-refractivity contribution in [3.63, 3.8) is 0 Å². The molecule has 0 saturated carbocycles. The predicted octanol–water partition coefficient (Wildman–Crippen LogP) is 4.10. The molecular formula is C25H24N4O3S. The van der Waals surface area contributed by atoms with Crippen LogP contribution in [0.4, 0.5) is 5.69 Å². The maximum absolute atomic E-state index is 13.1. The van der Waals surface area contributed by atoms with Crippen LogP contribution in [0.15, 0.2) is 96.2 Å². The van der Waals surface area contributed by atoms with E-state index in [-0.39, 0.29) is 10.8 Å². The van der Waals surface area contributed by atoms with Gasteiger partial charge in [0.2, 0.25) is 10.0 Å². The fourth-order valence-electron chi connectivity index (χ4n) is 3.45. The molecule has 33 heavy (non-hydrogen) atoms. The van der Waals surface area contributed by atoms with E-state index >= 15 is 0 Å². The van der Waals surface area contributed by atoms with Gasteiger partial charge in [-0.25, -0.2) is 12.7 Å². The molecule has 0 bridgehead atoms. The molecule has 4 aromatic rings. The topological polar surface area (TPSA) is 84.3 Å². The van der Waals surface area contributed by atoms with Crippen LogP contribution in [0.2, 0.25) is 0 Å². The molecule has 8 heteroatoms. The van der Waals surface area contributed by atoms with Gasteiger partial charge < -0.3 is 5.32 Å². The highest BCUT2D eigenvalue weighted by Gasteiger charge is 2.18. The number of anilines is 1. The molecule has 0 aliphatic rings. The Labute approximate surface area is 193 Å². The number of nitrogens with one attached hydrogen (secondary N) is 1. The number of aromatic nitrogens is 2. The van der Waals surface area contributed by atoms with Crippen LogP contribution in [0.1, 0.15) is 15.9 Å². The maximum atomic E-state index is 13.1. The Hall–Kier alpha value is -3.75. The zero-order valence-corrected chi connectivity index (χ0v) is 19.2. The van der Waals surface area contributed by atoms with Gasteiger partial charge in [0.1, 0.15) is 0 Å². The molecular weight excluding hydrogens is 436 g/mol. The quantitative estimate of drug-likeness (QED) is 0.450. The van der Waals surface area contributed by atoms with Crippen molar-refractivity contribution >= 4 is 21.6 Å². The van der Waals surface area contributed by atoms with Crippen molar-refractivity contribution in [3.8, 4) is 11.1 Å². The van der Waals surface area contributed by atoms with E-state index in [1.807, 2.05) is 53.3 Å². The summed E-state index contributed by atoms with van der Waals surface area (Å²) >= 11 is 0. The second-order valence-electron chi connectivity index (χ2n) is 7.72. The molecule has 1 heterocycles. The van der Waals surface area contributed by atoms with E-state index in [2.05, 4.69) is 10.4 Å². The highest BCUT2D eigenvalue weighted by atomic mass is 32.2. The largest absolute Gasteiger partial charge is 0.322 e. The van der Waals surface area contributed by atoms with E-state index in [0.29, 0.717) is 17.8 Å². The number of nitrogens with zero attached hydrogens (tertiary/aromatic N) is 3. The zero-order chi connectivity index (χ0) is 23.4. The highest BCUT2D eigenvalue weighted by Crippen LogP contribution is 2.26. The summed E-state index contributed by atoms with van der Waals surface area (Å²) in [5.74, 6) is -0.314. The first-order valence-electron chi connectivity index (χ1n) is 10.3. The summed E-state index contributed by atoms with van der Waals surface area (Å²) in [6, 6.07) is 23.4. The number of hydrogen-bond acceptors (Lipinski definition) is 4. The van der Waals surface area contributed by atoms with Crippen molar-refractivity contribution in [3.05, 3.63) is 102 Å². The minimum Gasteiger partial charge on any atom is -0.322 e. The van der Waals surface area contributed by atoms with E-state index in [0.717, 1.165) is 21.0 Å². The van der Waals surface area contributed by atoms with Gasteiger partial charge in [0.05, 0.1) is 11.4 Å². The maximum Gasteiger partial charge on any atom is 0.256 e. The van der Waals surface area contributed by atoms with Gasteiger partial charge in [0.15, 0.2) is 0 Å². The molecule has 0 aliphatic heterocycles. The second-order valence-corrected chi connectivity index (χ2v) is 9.87. The van der Waals surface area contributed by atoms with Crippen molar-refractivity contribution in [1.82, 2.24) is 14.1 Å².